The van der Waals surface area contributed by atoms with E-state index >= 15 is 0 Å². The summed E-state index contributed by atoms with van der Waals surface area (Å²) in [5.74, 6) is 0.945. The van der Waals surface area contributed by atoms with Gasteiger partial charge in [0.05, 0.1) is 17.9 Å². The lowest BCUT2D eigenvalue weighted by Gasteiger charge is -2.07. The third-order valence-electron chi connectivity index (χ3n) is 3.87. The van der Waals surface area contributed by atoms with Gasteiger partial charge in [-0.25, -0.2) is 4.79 Å². The van der Waals surface area contributed by atoms with E-state index in [1.807, 2.05) is 48.5 Å². The normalized spacial score (nSPS) is 10.3. The molecule has 4 nitrogen and oxygen atoms in total. The number of rotatable bonds is 7. The molecular formula is C22H21NO3. The van der Waals surface area contributed by atoms with Gasteiger partial charge in [-0.1, -0.05) is 31.5 Å². The maximum Gasteiger partial charge on any atom is 0.345 e. The van der Waals surface area contributed by atoms with Crippen molar-refractivity contribution in [3.05, 3.63) is 78.5 Å². The molecule has 0 spiro atoms. The molecule has 1 aromatic heterocycles. The van der Waals surface area contributed by atoms with Crippen molar-refractivity contribution >= 4 is 5.97 Å². The largest absolute Gasteiger partial charge is 0.494 e. The second-order valence-corrected chi connectivity index (χ2v) is 5.86. The minimum absolute atomic E-state index is 0.414. The lowest BCUT2D eigenvalue weighted by molar-refractivity contribution is 0.0734. The Hall–Kier alpha value is -3.14. The van der Waals surface area contributed by atoms with Crippen LogP contribution in [0.4, 0.5) is 0 Å². The summed E-state index contributed by atoms with van der Waals surface area (Å²) in [6, 6.07) is 20.3. The second kappa shape index (κ2) is 8.81. The highest BCUT2D eigenvalue weighted by molar-refractivity contribution is 5.91. The molecule has 0 aliphatic rings. The molecular weight excluding hydrogens is 326 g/mol. The van der Waals surface area contributed by atoms with E-state index in [1.54, 1.807) is 18.2 Å². The van der Waals surface area contributed by atoms with Gasteiger partial charge in [-0.3, -0.25) is 4.98 Å². The first-order valence-electron chi connectivity index (χ1n) is 8.73. The molecule has 3 aromatic rings. The van der Waals surface area contributed by atoms with E-state index in [9.17, 15) is 4.79 Å². The molecule has 0 saturated carbocycles. The van der Waals surface area contributed by atoms with E-state index in [1.165, 1.54) is 6.20 Å². The average molecular weight is 347 g/mol. The lowest BCUT2D eigenvalue weighted by Crippen LogP contribution is -2.08. The van der Waals surface area contributed by atoms with Gasteiger partial charge in [-0.2, -0.15) is 0 Å². The van der Waals surface area contributed by atoms with Crippen LogP contribution in [0.15, 0.2) is 72.9 Å². The summed E-state index contributed by atoms with van der Waals surface area (Å²) < 4.78 is 11.0. The number of aromatic nitrogens is 1. The van der Waals surface area contributed by atoms with Crippen molar-refractivity contribution < 1.29 is 14.3 Å². The molecule has 0 atom stereocenters. The molecule has 2 aromatic carbocycles. The van der Waals surface area contributed by atoms with E-state index in [4.69, 9.17) is 9.47 Å². The van der Waals surface area contributed by atoms with Crippen molar-refractivity contribution in [2.24, 2.45) is 0 Å². The third-order valence-corrected chi connectivity index (χ3v) is 3.87. The summed E-state index contributed by atoms with van der Waals surface area (Å²) in [4.78, 5) is 16.5. The molecule has 0 amide bonds. The third kappa shape index (κ3) is 4.70. The van der Waals surface area contributed by atoms with Gasteiger partial charge >= 0.3 is 5.97 Å². The number of benzene rings is 2. The van der Waals surface area contributed by atoms with Crippen LogP contribution in [0.25, 0.3) is 11.3 Å². The quantitative estimate of drug-likeness (QED) is 0.337. The van der Waals surface area contributed by atoms with Crippen LogP contribution in [-0.4, -0.2) is 17.6 Å². The number of nitrogens with zero attached hydrogens (tertiary/aromatic N) is 1. The number of unbranched alkanes of at least 4 members (excludes halogenated alkanes) is 1. The van der Waals surface area contributed by atoms with Crippen molar-refractivity contribution in [2.75, 3.05) is 6.61 Å². The topological polar surface area (TPSA) is 48.4 Å². The molecule has 0 N–H and O–H groups in total. The van der Waals surface area contributed by atoms with Crippen LogP contribution in [0, 0.1) is 0 Å². The Morgan fingerprint density at radius 1 is 0.923 bits per heavy atom. The standard InChI is InChI=1S/C22H21NO3/c1-2-3-15-25-19-12-9-17(10-13-19)21-14-11-18(16-23-21)22(24)26-20-7-5-4-6-8-20/h4-14,16H,2-3,15H2,1H3. The van der Waals surface area contributed by atoms with Gasteiger partial charge in [-0.15, -0.1) is 0 Å². The first kappa shape index (κ1) is 17.7. The molecule has 0 aliphatic heterocycles. The fourth-order valence-corrected chi connectivity index (χ4v) is 2.40. The van der Waals surface area contributed by atoms with Gasteiger partial charge in [0.1, 0.15) is 11.5 Å². The zero-order valence-corrected chi connectivity index (χ0v) is 14.7. The van der Waals surface area contributed by atoms with E-state index in [0.717, 1.165) is 36.5 Å². The van der Waals surface area contributed by atoms with Crippen LogP contribution >= 0.6 is 0 Å². The number of pyridine rings is 1. The van der Waals surface area contributed by atoms with E-state index in [0.29, 0.717) is 11.3 Å². The number of ether oxygens (including phenoxy) is 2. The maximum absolute atomic E-state index is 12.2. The van der Waals surface area contributed by atoms with Gasteiger partial charge in [-0.05, 0) is 55.0 Å². The maximum atomic E-state index is 12.2. The first-order chi connectivity index (χ1) is 12.8. The molecule has 1 heterocycles. The molecule has 0 bridgehead atoms. The number of esters is 1. The van der Waals surface area contributed by atoms with Crippen LogP contribution in [0.1, 0.15) is 30.1 Å². The summed E-state index contributed by atoms with van der Waals surface area (Å²) >= 11 is 0. The van der Waals surface area contributed by atoms with E-state index < -0.39 is 5.97 Å². The molecule has 26 heavy (non-hydrogen) atoms. The minimum Gasteiger partial charge on any atom is -0.494 e. The van der Waals surface area contributed by atoms with Crippen LogP contribution in [-0.2, 0) is 0 Å². The van der Waals surface area contributed by atoms with Crippen LogP contribution in [0.5, 0.6) is 11.5 Å². The second-order valence-electron chi connectivity index (χ2n) is 5.86. The summed E-state index contributed by atoms with van der Waals surface area (Å²) in [5.41, 5.74) is 2.18. The van der Waals surface area contributed by atoms with Crippen molar-refractivity contribution in [1.82, 2.24) is 4.98 Å². The van der Waals surface area contributed by atoms with Gasteiger partial charge in [0.25, 0.3) is 0 Å². The summed E-state index contributed by atoms with van der Waals surface area (Å²) in [5, 5.41) is 0. The van der Waals surface area contributed by atoms with Gasteiger partial charge < -0.3 is 9.47 Å². The smallest absolute Gasteiger partial charge is 0.345 e. The molecule has 0 fully saturated rings. The lowest BCUT2D eigenvalue weighted by atomic mass is 10.1. The number of carbonyl (C=O) groups excluding carboxylic acids is 1. The highest BCUT2D eigenvalue weighted by Crippen LogP contribution is 2.21. The SMILES string of the molecule is CCCCOc1ccc(-c2ccc(C(=O)Oc3ccccc3)cn2)cc1. The van der Waals surface area contributed by atoms with Gasteiger partial charge in [0, 0.05) is 11.8 Å². The van der Waals surface area contributed by atoms with E-state index in [2.05, 4.69) is 11.9 Å². The number of hydrogen-bond acceptors (Lipinski definition) is 4. The van der Waals surface area contributed by atoms with Crippen molar-refractivity contribution in [2.45, 2.75) is 19.8 Å². The molecule has 0 saturated heterocycles. The average Bonchev–Trinajstić information content (AvgIpc) is 2.70. The zero-order chi connectivity index (χ0) is 18.2. The summed E-state index contributed by atoms with van der Waals surface area (Å²) in [7, 11) is 0. The Labute approximate surface area is 153 Å². The van der Waals surface area contributed by atoms with Crippen molar-refractivity contribution in [3.63, 3.8) is 0 Å². The fraction of sp³-hybridized carbons (Fsp3) is 0.182. The van der Waals surface area contributed by atoms with Crippen molar-refractivity contribution in [1.29, 1.82) is 0 Å². The number of para-hydroxylation sites is 1. The predicted octanol–water partition coefficient (Wildman–Crippen LogP) is 5.15. The molecule has 3 rings (SSSR count). The predicted molar refractivity (Wildman–Crippen MR) is 101 cm³/mol. The molecule has 132 valence electrons. The Kier molecular flexibility index (Phi) is 5.99. The Bertz CT molecular complexity index is 828. The molecule has 4 heteroatoms. The monoisotopic (exact) mass is 347 g/mol. The number of carbonyl (C=O) groups is 1. The Morgan fingerprint density at radius 2 is 1.69 bits per heavy atom. The van der Waals surface area contributed by atoms with Gasteiger partial charge in [0.2, 0.25) is 0 Å². The summed E-state index contributed by atoms with van der Waals surface area (Å²) in [6.45, 7) is 2.86. The molecule has 0 aliphatic carbocycles. The number of hydrogen-bond donors (Lipinski definition) is 0. The minimum atomic E-state index is -0.421. The van der Waals surface area contributed by atoms with Gasteiger partial charge in [0.15, 0.2) is 0 Å². The van der Waals surface area contributed by atoms with Crippen molar-refractivity contribution in [3.8, 4) is 22.8 Å². The highest BCUT2D eigenvalue weighted by atomic mass is 16.5. The summed E-state index contributed by atoms with van der Waals surface area (Å²) in [6.07, 6.45) is 3.69. The Balaban J connectivity index is 1.64. The highest BCUT2D eigenvalue weighted by Gasteiger charge is 2.09. The van der Waals surface area contributed by atoms with E-state index in [-0.39, 0.29) is 0 Å². The first-order valence-corrected chi connectivity index (χ1v) is 8.73. The fourth-order valence-electron chi connectivity index (χ4n) is 2.40. The van der Waals surface area contributed by atoms with Crippen LogP contribution in [0.2, 0.25) is 0 Å². The Morgan fingerprint density at radius 3 is 2.35 bits per heavy atom. The molecule has 0 unspecified atom stereocenters. The zero-order valence-electron chi connectivity index (χ0n) is 14.7. The van der Waals surface area contributed by atoms with Crippen LogP contribution < -0.4 is 9.47 Å². The van der Waals surface area contributed by atoms with Crippen LogP contribution in [0.3, 0.4) is 0 Å². The molecule has 0 radical (unpaired) electrons.